The monoisotopic (exact) mass is 298 g/mol. The van der Waals surface area contributed by atoms with Crippen LogP contribution in [0.15, 0.2) is 27.5 Å². The second-order valence-corrected chi connectivity index (χ2v) is 5.02. The number of halogens is 1. The van der Waals surface area contributed by atoms with Gasteiger partial charge in [0.05, 0.1) is 10.7 Å². The summed E-state index contributed by atoms with van der Waals surface area (Å²) in [6, 6.07) is 1.98. The minimum Gasteiger partial charge on any atom is -0.292 e. The number of ketones is 1. The van der Waals surface area contributed by atoms with Gasteiger partial charge in [0, 0.05) is 13.0 Å². The van der Waals surface area contributed by atoms with Crippen LogP contribution in [0.1, 0.15) is 23.0 Å². The number of carbonyl (C=O) groups excluding carboxylic acids is 1. The maximum Gasteiger partial charge on any atom is 0.186 e. The average Bonchev–Trinajstić information content (AvgIpc) is 2.87. The fourth-order valence-electron chi connectivity index (χ4n) is 1.54. The molecule has 0 radical (unpaired) electrons. The zero-order chi connectivity index (χ0) is 11.5. The summed E-state index contributed by atoms with van der Waals surface area (Å²) in [6.07, 6.45) is 2.11. The van der Waals surface area contributed by atoms with Crippen LogP contribution in [0.5, 0.6) is 0 Å². The molecule has 0 spiro atoms. The molecule has 0 unspecified atom stereocenters. The van der Waals surface area contributed by atoms with Gasteiger partial charge in [-0.05, 0) is 45.2 Å². The largest absolute Gasteiger partial charge is 0.292 e. The Kier molecular flexibility index (Phi) is 3.56. The first kappa shape index (κ1) is 11.5. The van der Waals surface area contributed by atoms with E-state index in [2.05, 4.69) is 21.0 Å². The molecule has 0 aromatic carbocycles. The number of aromatic nitrogens is 2. The van der Waals surface area contributed by atoms with Gasteiger partial charge < -0.3 is 0 Å². The van der Waals surface area contributed by atoms with Gasteiger partial charge in [-0.3, -0.25) is 9.48 Å². The van der Waals surface area contributed by atoms with Gasteiger partial charge in [0.2, 0.25) is 0 Å². The van der Waals surface area contributed by atoms with Crippen LogP contribution in [-0.2, 0) is 13.0 Å². The van der Waals surface area contributed by atoms with E-state index in [0.29, 0.717) is 18.7 Å². The summed E-state index contributed by atoms with van der Waals surface area (Å²) < 4.78 is 2.49. The van der Waals surface area contributed by atoms with E-state index in [0.717, 1.165) is 10.0 Å². The lowest BCUT2D eigenvalue weighted by Crippen LogP contribution is -2.12. The van der Waals surface area contributed by atoms with Crippen molar-refractivity contribution in [1.82, 2.24) is 9.78 Å². The molecule has 0 bridgehead atoms. The van der Waals surface area contributed by atoms with E-state index < -0.39 is 0 Å². The van der Waals surface area contributed by atoms with Gasteiger partial charge in [0.15, 0.2) is 5.78 Å². The molecule has 0 atom stereocenters. The molecule has 0 N–H and O–H groups in total. The second-order valence-electron chi connectivity index (χ2n) is 3.39. The third-order valence-corrected chi connectivity index (χ3v) is 3.62. The summed E-state index contributed by atoms with van der Waals surface area (Å²) in [7, 11) is 0. The Hall–Kier alpha value is -0.940. The fraction of sp³-hybridized carbons (Fsp3) is 0.273. The summed E-state index contributed by atoms with van der Waals surface area (Å²) in [5.41, 5.74) is 1.72. The van der Waals surface area contributed by atoms with Crippen LogP contribution >= 0.6 is 27.3 Å². The zero-order valence-electron chi connectivity index (χ0n) is 8.81. The second kappa shape index (κ2) is 4.93. The van der Waals surface area contributed by atoms with Crippen LogP contribution < -0.4 is 0 Å². The molecule has 2 heterocycles. The number of rotatable bonds is 4. The van der Waals surface area contributed by atoms with E-state index in [-0.39, 0.29) is 5.78 Å². The van der Waals surface area contributed by atoms with Crippen molar-refractivity contribution >= 4 is 33.0 Å². The Balaban J connectivity index is 2.23. The topological polar surface area (TPSA) is 34.9 Å². The highest BCUT2D eigenvalue weighted by Gasteiger charge is 2.16. The molecule has 2 rings (SSSR count). The van der Waals surface area contributed by atoms with E-state index in [4.69, 9.17) is 0 Å². The molecule has 84 valence electrons. The van der Waals surface area contributed by atoms with Crippen LogP contribution in [0, 0.1) is 0 Å². The van der Waals surface area contributed by atoms with E-state index in [1.807, 2.05) is 23.8 Å². The van der Waals surface area contributed by atoms with Gasteiger partial charge in [-0.25, -0.2) is 0 Å². The molecular weight excluding hydrogens is 288 g/mol. The Bertz CT molecular complexity index is 490. The molecule has 0 fully saturated rings. The number of aryl methyl sites for hydroxylation is 1. The average molecular weight is 299 g/mol. The standard InChI is InChI=1S/C11H11BrN2OS/c1-2-14-11(9(12)6-13-14)10(15)5-8-3-4-16-7-8/h3-4,6-7H,2,5H2,1H3. The third kappa shape index (κ3) is 2.25. The Labute approximate surface area is 106 Å². The molecule has 0 saturated heterocycles. The lowest BCUT2D eigenvalue weighted by atomic mass is 10.1. The van der Waals surface area contributed by atoms with Gasteiger partial charge >= 0.3 is 0 Å². The summed E-state index contributed by atoms with van der Waals surface area (Å²) in [4.78, 5) is 12.1. The highest BCUT2D eigenvalue weighted by molar-refractivity contribution is 9.10. The smallest absolute Gasteiger partial charge is 0.186 e. The SMILES string of the molecule is CCn1ncc(Br)c1C(=O)Cc1ccsc1. The summed E-state index contributed by atoms with van der Waals surface area (Å²) in [5, 5.41) is 8.12. The van der Waals surface area contributed by atoms with E-state index in [1.165, 1.54) is 0 Å². The van der Waals surface area contributed by atoms with Crippen molar-refractivity contribution in [2.45, 2.75) is 19.9 Å². The molecule has 2 aromatic rings. The normalized spacial score (nSPS) is 10.6. The van der Waals surface area contributed by atoms with Crippen molar-refractivity contribution in [3.63, 3.8) is 0 Å². The lowest BCUT2D eigenvalue weighted by molar-refractivity contribution is 0.0982. The van der Waals surface area contributed by atoms with Gasteiger partial charge in [-0.2, -0.15) is 16.4 Å². The first-order valence-electron chi connectivity index (χ1n) is 4.98. The van der Waals surface area contributed by atoms with Crippen LogP contribution in [-0.4, -0.2) is 15.6 Å². The number of hydrogen-bond acceptors (Lipinski definition) is 3. The van der Waals surface area contributed by atoms with Crippen molar-refractivity contribution < 1.29 is 4.79 Å². The van der Waals surface area contributed by atoms with Gasteiger partial charge in [-0.15, -0.1) is 0 Å². The first-order chi connectivity index (χ1) is 7.72. The van der Waals surface area contributed by atoms with Gasteiger partial charge in [0.1, 0.15) is 5.69 Å². The number of nitrogens with zero attached hydrogens (tertiary/aromatic N) is 2. The van der Waals surface area contributed by atoms with Crippen LogP contribution in [0.2, 0.25) is 0 Å². The highest BCUT2D eigenvalue weighted by atomic mass is 79.9. The van der Waals surface area contributed by atoms with Crippen molar-refractivity contribution in [1.29, 1.82) is 0 Å². The summed E-state index contributed by atoms with van der Waals surface area (Å²) >= 11 is 4.97. The Morgan fingerprint density at radius 3 is 3.06 bits per heavy atom. The van der Waals surface area contributed by atoms with Crippen molar-refractivity contribution in [2.75, 3.05) is 0 Å². The number of hydrogen-bond donors (Lipinski definition) is 0. The quantitative estimate of drug-likeness (QED) is 0.813. The predicted octanol–water partition coefficient (Wildman–Crippen LogP) is 3.15. The first-order valence-corrected chi connectivity index (χ1v) is 6.71. The molecule has 0 aliphatic carbocycles. The lowest BCUT2D eigenvalue weighted by Gasteiger charge is -2.03. The van der Waals surface area contributed by atoms with Crippen molar-refractivity contribution in [2.24, 2.45) is 0 Å². The van der Waals surface area contributed by atoms with E-state index >= 15 is 0 Å². The summed E-state index contributed by atoms with van der Waals surface area (Å²) in [6.45, 7) is 2.68. The van der Waals surface area contributed by atoms with Gasteiger partial charge in [0.25, 0.3) is 0 Å². The fourth-order valence-corrected chi connectivity index (χ4v) is 2.73. The molecule has 16 heavy (non-hydrogen) atoms. The maximum absolute atomic E-state index is 12.1. The Morgan fingerprint density at radius 2 is 2.44 bits per heavy atom. The summed E-state index contributed by atoms with van der Waals surface area (Å²) in [5.74, 6) is 0.102. The van der Waals surface area contributed by atoms with Crippen molar-refractivity contribution in [3.05, 3.63) is 38.8 Å². The number of thiophene rings is 1. The van der Waals surface area contributed by atoms with Crippen LogP contribution in [0.4, 0.5) is 0 Å². The number of Topliss-reactive ketones (excluding diaryl/α,β-unsaturated/α-hetero) is 1. The molecule has 0 aliphatic heterocycles. The number of carbonyl (C=O) groups is 1. The molecule has 2 aromatic heterocycles. The minimum absolute atomic E-state index is 0.102. The van der Waals surface area contributed by atoms with Crippen molar-refractivity contribution in [3.8, 4) is 0 Å². The van der Waals surface area contributed by atoms with E-state index in [1.54, 1.807) is 22.2 Å². The van der Waals surface area contributed by atoms with E-state index in [9.17, 15) is 4.79 Å². The van der Waals surface area contributed by atoms with Crippen LogP contribution in [0.25, 0.3) is 0 Å². The minimum atomic E-state index is 0.102. The van der Waals surface area contributed by atoms with Gasteiger partial charge in [-0.1, -0.05) is 0 Å². The molecule has 3 nitrogen and oxygen atoms in total. The Morgan fingerprint density at radius 1 is 1.62 bits per heavy atom. The molecular formula is C11H11BrN2OS. The zero-order valence-corrected chi connectivity index (χ0v) is 11.2. The van der Waals surface area contributed by atoms with Crippen LogP contribution in [0.3, 0.4) is 0 Å². The third-order valence-electron chi connectivity index (χ3n) is 2.30. The predicted molar refractivity (Wildman–Crippen MR) is 68.0 cm³/mol. The highest BCUT2D eigenvalue weighted by Crippen LogP contribution is 2.19. The molecule has 5 heteroatoms. The maximum atomic E-state index is 12.1. The molecule has 0 aliphatic rings. The molecule has 0 saturated carbocycles. The molecule has 0 amide bonds.